The van der Waals surface area contributed by atoms with Gasteiger partial charge in [-0.1, -0.05) is 17.7 Å². The molecule has 2 rings (SSSR count). The molecule has 8 nitrogen and oxygen atoms in total. The number of carbonyl (C=O) groups is 1. The van der Waals surface area contributed by atoms with Crippen LogP contribution in [0.3, 0.4) is 0 Å². The quantitative estimate of drug-likeness (QED) is 0.448. The Kier molecular flexibility index (Phi) is 9.42. The van der Waals surface area contributed by atoms with Crippen LogP contribution in [0.2, 0.25) is 5.02 Å². The van der Waals surface area contributed by atoms with E-state index in [2.05, 4.69) is 10.4 Å². The first-order chi connectivity index (χ1) is 16.8. The Bertz CT molecular complexity index is 1280. The molecule has 2 aromatic rings. The Morgan fingerprint density at radius 1 is 1.24 bits per heavy atom. The van der Waals surface area contributed by atoms with Gasteiger partial charge in [0.25, 0.3) is 0 Å². The number of alkyl halides is 3. The maximum Gasteiger partial charge on any atom is 0.433 e. The van der Waals surface area contributed by atoms with E-state index in [4.69, 9.17) is 16.3 Å². The summed E-state index contributed by atoms with van der Waals surface area (Å²) in [6, 6.07) is 3.86. The molecule has 0 bridgehead atoms. The number of nitrogens with zero attached hydrogens (tertiary/aromatic N) is 3. The largest absolute Gasteiger partial charge is 0.444 e. The predicted octanol–water partition coefficient (Wildman–Crippen LogP) is 5.08. The first-order valence-corrected chi connectivity index (χ1v) is 12.8. The highest BCUT2D eigenvalue weighted by Gasteiger charge is 2.39. The van der Waals surface area contributed by atoms with E-state index in [0.29, 0.717) is 10.2 Å². The Morgan fingerprint density at radius 2 is 1.86 bits per heavy atom. The van der Waals surface area contributed by atoms with Gasteiger partial charge in [-0.25, -0.2) is 21.9 Å². The zero-order chi connectivity index (χ0) is 28.3. The molecule has 0 saturated heterocycles. The fourth-order valence-electron chi connectivity index (χ4n) is 3.29. The average molecular weight is 569 g/mol. The number of benzene rings is 1. The number of alkyl carbamates (subject to hydrolysis) is 1. The van der Waals surface area contributed by atoms with Crippen LogP contribution in [-0.2, 0) is 33.9 Å². The van der Waals surface area contributed by atoms with Crippen molar-refractivity contribution in [2.24, 2.45) is 0 Å². The normalized spacial score (nSPS) is 13.2. The van der Waals surface area contributed by atoms with Gasteiger partial charge in [0.1, 0.15) is 22.0 Å². The number of rotatable bonds is 8. The number of aryl methyl sites for hydroxylation is 1. The van der Waals surface area contributed by atoms with Gasteiger partial charge in [-0.2, -0.15) is 18.3 Å². The summed E-state index contributed by atoms with van der Waals surface area (Å²) in [5.41, 5.74) is -1.77. The third-order valence-corrected chi connectivity index (χ3v) is 7.22. The van der Waals surface area contributed by atoms with Crippen molar-refractivity contribution in [1.82, 2.24) is 19.4 Å². The number of aromatic nitrogens is 2. The number of hydrogen-bond acceptors (Lipinski definition) is 5. The highest BCUT2D eigenvalue weighted by atomic mass is 35.5. The zero-order valence-corrected chi connectivity index (χ0v) is 22.8. The summed E-state index contributed by atoms with van der Waals surface area (Å²) in [4.78, 5) is 11.5. The van der Waals surface area contributed by atoms with Gasteiger partial charge in [0.2, 0.25) is 10.0 Å². The van der Waals surface area contributed by atoms with Gasteiger partial charge < -0.3 is 10.1 Å². The second-order valence-electron chi connectivity index (χ2n) is 9.33. The van der Waals surface area contributed by atoms with Gasteiger partial charge in [-0.15, -0.1) is 0 Å². The summed E-state index contributed by atoms with van der Waals surface area (Å²) in [6.07, 6.45) is -5.00. The standard InChI is InChI=1S/C23H29ClF4N4O4S/c1-14-17(11-15-7-8-19(18(24)12-15)37(34,35)31(5)6)20(23(26,27)28)32(30-14)13-16(25)9-10-29-21(33)36-22(2,3)4/h7-9,12H,10-11,13H2,1-6H3,(H,29,33)/b16-9-. The molecule has 37 heavy (non-hydrogen) atoms. The first-order valence-electron chi connectivity index (χ1n) is 11.0. The van der Waals surface area contributed by atoms with Crippen LogP contribution in [0.4, 0.5) is 22.4 Å². The number of halogens is 5. The maximum atomic E-state index is 14.4. The van der Waals surface area contributed by atoms with Crippen molar-refractivity contribution in [2.45, 2.75) is 57.3 Å². The van der Waals surface area contributed by atoms with Gasteiger partial charge in [-0.05, 0) is 51.5 Å². The minimum Gasteiger partial charge on any atom is -0.444 e. The zero-order valence-electron chi connectivity index (χ0n) is 21.2. The summed E-state index contributed by atoms with van der Waals surface area (Å²) in [6.45, 7) is 5.19. The van der Waals surface area contributed by atoms with Crippen molar-refractivity contribution >= 4 is 27.7 Å². The molecule has 0 fully saturated rings. The third-order valence-electron chi connectivity index (χ3n) is 4.93. The first kappa shape index (κ1) is 30.6. The molecule has 1 N–H and O–H groups in total. The topological polar surface area (TPSA) is 93.5 Å². The molecular weight excluding hydrogens is 540 g/mol. The van der Waals surface area contributed by atoms with Crippen LogP contribution in [-0.4, -0.2) is 54.8 Å². The number of nitrogens with one attached hydrogen (secondary N) is 1. The highest BCUT2D eigenvalue weighted by molar-refractivity contribution is 7.89. The number of carbonyl (C=O) groups excluding carboxylic acids is 1. The monoisotopic (exact) mass is 568 g/mol. The molecule has 1 heterocycles. The number of allylic oxidation sites excluding steroid dienone is 1. The molecule has 0 unspecified atom stereocenters. The minimum atomic E-state index is -4.86. The molecule has 0 aliphatic heterocycles. The summed E-state index contributed by atoms with van der Waals surface area (Å²) in [5, 5.41) is 6.02. The lowest BCUT2D eigenvalue weighted by atomic mass is 10.0. The molecule has 1 aromatic carbocycles. The lowest BCUT2D eigenvalue weighted by Gasteiger charge is -2.19. The predicted molar refractivity (Wildman–Crippen MR) is 131 cm³/mol. The molecule has 0 spiro atoms. The molecule has 0 aliphatic rings. The second kappa shape index (κ2) is 11.4. The molecule has 1 aromatic heterocycles. The molecule has 0 saturated carbocycles. The number of ether oxygens (including phenoxy) is 1. The fourth-order valence-corrected chi connectivity index (χ4v) is 4.73. The van der Waals surface area contributed by atoms with Crippen LogP contribution in [0.15, 0.2) is 35.0 Å². The SMILES string of the molecule is Cc1nn(C/C(F)=C/CNC(=O)OC(C)(C)C)c(C(F)(F)F)c1Cc1ccc(S(=O)(=O)N(C)C)c(Cl)c1. The fraction of sp³-hybridized carbons (Fsp3) is 0.478. The summed E-state index contributed by atoms with van der Waals surface area (Å²) >= 11 is 6.13. The van der Waals surface area contributed by atoms with Crippen LogP contribution in [0.5, 0.6) is 0 Å². The van der Waals surface area contributed by atoms with E-state index < -0.39 is 46.0 Å². The Balaban J connectivity index is 2.30. The highest BCUT2D eigenvalue weighted by Crippen LogP contribution is 2.36. The van der Waals surface area contributed by atoms with Gasteiger partial charge in [0.05, 0.1) is 17.3 Å². The van der Waals surface area contributed by atoms with E-state index in [9.17, 15) is 30.8 Å². The van der Waals surface area contributed by atoms with Crippen molar-refractivity contribution in [3.8, 4) is 0 Å². The lowest BCUT2D eigenvalue weighted by Crippen LogP contribution is -2.32. The third kappa shape index (κ3) is 8.17. The average Bonchev–Trinajstić information content (AvgIpc) is 3.01. The van der Waals surface area contributed by atoms with Crippen LogP contribution in [0.1, 0.15) is 43.3 Å². The lowest BCUT2D eigenvalue weighted by molar-refractivity contribution is -0.144. The maximum absolute atomic E-state index is 14.4. The Morgan fingerprint density at radius 3 is 2.38 bits per heavy atom. The summed E-state index contributed by atoms with van der Waals surface area (Å²) < 4.78 is 87.6. The van der Waals surface area contributed by atoms with Crippen LogP contribution >= 0.6 is 11.6 Å². The van der Waals surface area contributed by atoms with Crippen LogP contribution in [0, 0.1) is 6.92 Å². The summed E-state index contributed by atoms with van der Waals surface area (Å²) in [7, 11) is -1.19. The molecular formula is C23H29ClF4N4O4S. The van der Waals surface area contributed by atoms with Crippen molar-refractivity contribution in [1.29, 1.82) is 0 Å². The molecule has 0 aliphatic carbocycles. The van der Waals surface area contributed by atoms with Crippen molar-refractivity contribution in [2.75, 3.05) is 20.6 Å². The molecule has 0 radical (unpaired) electrons. The van der Waals surface area contributed by atoms with E-state index in [1.165, 1.54) is 39.2 Å². The molecule has 14 heteroatoms. The number of sulfonamides is 1. The Labute approximate surface area is 218 Å². The Hall–Kier alpha value is -2.64. The van der Waals surface area contributed by atoms with Gasteiger partial charge in [-0.3, -0.25) is 4.68 Å². The van der Waals surface area contributed by atoms with Crippen LogP contribution < -0.4 is 5.32 Å². The van der Waals surface area contributed by atoms with E-state index >= 15 is 0 Å². The summed E-state index contributed by atoms with van der Waals surface area (Å²) in [5.74, 6) is -0.947. The van der Waals surface area contributed by atoms with E-state index in [1.54, 1.807) is 20.8 Å². The van der Waals surface area contributed by atoms with Gasteiger partial charge in [0, 0.05) is 32.6 Å². The van der Waals surface area contributed by atoms with Gasteiger partial charge >= 0.3 is 12.3 Å². The number of amides is 1. The van der Waals surface area contributed by atoms with E-state index in [1.807, 2.05) is 0 Å². The van der Waals surface area contributed by atoms with Gasteiger partial charge in [0.15, 0.2) is 0 Å². The molecule has 206 valence electrons. The van der Waals surface area contributed by atoms with Crippen molar-refractivity contribution < 1.29 is 35.5 Å². The smallest absolute Gasteiger partial charge is 0.433 e. The molecule has 0 atom stereocenters. The van der Waals surface area contributed by atoms with Crippen LogP contribution in [0.25, 0.3) is 0 Å². The van der Waals surface area contributed by atoms with Crippen molar-refractivity contribution in [3.05, 3.63) is 57.6 Å². The molecule has 1 amide bonds. The minimum absolute atomic E-state index is 0.0214. The van der Waals surface area contributed by atoms with Crippen molar-refractivity contribution in [3.63, 3.8) is 0 Å². The number of hydrogen-bond donors (Lipinski definition) is 1. The second-order valence-corrected chi connectivity index (χ2v) is 11.9. The van der Waals surface area contributed by atoms with E-state index in [-0.39, 0.29) is 34.1 Å². The van der Waals surface area contributed by atoms with E-state index in [0.717, 1.165) is 10.4 Å².